The summed E-state index contributed by atoms with van der Waals surface area (Å²) in [7, 11) is 1.69. The average Bonchev–Trinajstić information content (AvgIpc) is 2.76. The van der Waals surface area contributed by atoms with Gasteiger partial charge in [0.15, 0.2) is 0 Å². The molecule has 0 spiro atoms. The van der Waals surface area contributed by atoms with Gasteiger partial charge >= 0.3 is 0 Å². The maximum atomic E-state index is 5.54. The van der Waals surface area contributed by atoms with Gasteiger partial charge in [-0.3, -0.25) is 5.10 Å². The van der Waals surface area contributed by atoms with Crippen LogP contribution in [0.2, 0.25) is 0 Å². The van der Waals surface area contributed by atoms with Gasteiger partial charge in [-0.15, -0.1) is 0 Å². The van der Waals surface area contributed by atoms with Crippen molar-refractivity contribution in [2.45, 2.75) is 20.3 Å². The fraction of sp³-hybridized carbons (Fsp3) is 0.357. The predicted molar refractivity (Wildman–Crippen MR) is 72.8 cm³/mol. The van der Waals surface area contributed by atoms with Gasteiger partial charge in [0.1, 0.15) is 5.75 Å². The smallest absolute Gasteiger partial charge is 0.128 e. The van der Waals surface area contributed by atoms with E-state index in [0.717, 1.165) is 34.7 Å². The first-order valence-electron chi connectivity index (χ1n) is 6.05. The van der Waals surface area contributed by atoms with Gasteiger partial charge in [0.25, 0.3) is 0 Å². The summed E-state index contributed by atoms with van der Waals surface area (Å²) in [5, 5.41) is 7.36. The molecule has 1 aromatic carbocycles. The van der Waals surface area contributed by atoms with Gasteiger partial charge in [-0.2, -0.15) is 5.10 Å². The first-order chi connectivity index (χ1) is 8.65. The van der Waals surface area contributed by atoms with E-state index in [1.165, 1.54) is 5.56 Å². The molecule has 0 unspecified atom stereocenters. The van der Waals surface area contributed by atoms with E-state index >= 15 is 0 Å². The first kappa shape index (κ1) is 12.6. The van der Waals surface area contributed by atoms with E-state index in [4.69, 9.17) is 10.5 Å². The van der Waals surface area contributed by atoms with Crippen molar-refractivity contribution in [3.05, 3.63) is 35.0 Å². The highest BCUT2D eigenvalue weighted by molar-refractivity contribution is 5.71. The molecule has 18 heavy (non-hydrogen) atoms. The largest absolute Gasteiger partial charge is 0.496 e. The molecule has 4 nitrogen and oxygen atoms in total. The van der Waals surface area contributed by atoms with Gasteiger partial charge in [0, 0.05) is 17.7 Å². The van der Waals surface area contributed by atoms with Crippen LogP contribution >= 0.6 is 0 Å². The number of rotatable bonds is 4. The molecule has 0 radical (unpaired) electrons. The van der Waals surface area contributed by atoms with E-state index in [-0.39, 0.29) is 0 Å². The number of nitrogens with one attached hydrogen (secondary N) is 1. The molecule has 0 saturated heterocycles. The lowest BCUT2D eigenvalue weighted by Crippen LogP contribution is -2.02. The molecule has 2 aromatic rings. The standard InChI is InChI=1S/C14H19N3O/c1-9-6-10(2)14(13(7-9)18-3)12-8-11(4-5-15)16-17-12/h6-8H,4-5,15H2,1-3H3,(H,16,17). The number of aromatic amines is 1. The molecule has 2 rings (SSSR count). The van der Waals surface area contributed by atoms with Gasteiger partial charge < -0.3 is 10.5 Å². The van der Waals surface area contributed by atoms with E-state index in [2.05, 4.69) is 30.1 Å². The molecule has 1 heterocycles. The Labute approximate surface area is 107 Å². The van der Waals surface area contributed by atoms with Crippen LogP contribution in [-0.2, 0) is 6.42 Å². The summed E-state index contributed by atoms with van der Waals surface area (Å²) in [6, 6.07) is 6.20. The summed E-state index contributed by atoms with van der Waals surface area (Å²) in [6.45, 7) is 4.75. The number of benzene rings is 1. The predicted octanol–water partition coefficient (Wildman–Crippen LogP) is 2.20. The quantitative estimate of drug-likeness (QED) is 0.868. The first-order valence-corrected chi connectivity index (χ1v) is 6.05. The van der Waals surface area contributed by atoms with Crippen LogP contribution in [0.3, 0.4) is 0 Å². The van der Waals surface area contributed by atoms with Crippen LogP contribution in [0.4, 0.5) is 0 Å². The summed E-state index contributed by atoms with van der Waals surface area (Å²) < 4.78 is 5.45. The molecular formula is C14H19N3O. The van der Waals surface area contributed by atoms with Crippen LogP contribution in [0.15, 0.2) is 18.2 Å². The molecule has 0 aliphatic rings. The molecule has 1 aromatic heterocycles. The normalized spacial score (nSPS) is 10.7. The molecular weight excluding hydrogens is 226 g/mol. The van der Waals surface area contributed by atoms with E-state index in [9.17, 15) is 0 Å². The minimum atomic E-state index is 0.617. The lowest BCUT2D eigenvalue weighted by Gasteiger charge is -2.10. The summed E-state index contributed by atoms with van der Waals surface area (Å²) in [5.41, 5.74) is 10.9. The van der Waals surface area contributed by atoms with Crippen LogP contribution in [-0.4, -0.2) is 23.9 Å². The van der Waals surface area contributed by atoms with Crippen molar-refractivity contribution in [3.63, 3.8) is 0 Å². The number of H-pyrrole nitrogens is 1. The Hall–Kier alpha value is -1.81. The van der Waals surface area contributed by atoms with Crippen LogP contribution in [0.1, 0.15) is 16.8 Å². The Kier molecular flexibility index (Phi) is 3.67. The van der Waals surface area contributed by atoms with Crippen LogP contribution in [0, 0.1) is 13.8 Å². The molecule has 0 bridgehead atoms. The number of ether oxygens (including phenoxy) is 1. The fourth-order valence-corrected chi connectivity index (χ4v) is 2.19. The summed E-state index contributed by atoms with van der Waals surface area (Å²) >= 11 is 0. The van der Waals surface area contributed by atoms with Crippen LogP contribution < -0.4 is 10.5 Å². The van der Waals surface area contributed by atoms with Gasteiger partial charge in [0.05, 0.1) is 12.8 Å². The maximum absolute atomic E-state index is 5.54. The molecule has 0 aliphatic heterocycles. The number of nitrogens with zero attached hydrogens (tertiary/aromatic N) is 1. The molecule has 0 fully saturated rings. The highest BCUT2D eigenvalue weighted by Crippen LogP contribution is 2.33. The monoisotopic (exact) mass is 245 g/mol. The van der Waals surface area contributed by atoms with Crippen molar-refractivity contribution in [1.29, 1.82) is 0 Å². The van der Waals surface area contributed by atoms with Crippen LogP contribution in [0.5, 0.6) is 5.75 Å². The Bertz CT molecular complexity index is 546. The minimum Gasteiger partial charge on any atom is -0.496 e. The fourth-order valence-electron chi connectivity index (χ4n) is 2.19. The van der Waals surface area contributed by atoms with E-state index < -0.39 is 0 Å². The lowest BCUT2D eigenvalue weighted by atomic mass is 10.0. The van der Waals surface area contributed by atoms with Crippen molar-refractivity contribution in [3.8, 4) is 17.0 Å². The number of aromatic nitrogens is 2. The Balaban J connectivity index is 2.48. The minimum absolute atomic E-state index is 0.617. The lowest BCUT2D eigenvalue weighted by molar-refractivity contribution is 0.415. The Morgan fingerprint density at radius 3 is 2.72 bits per heavy atom. The Morgan fingerprint density at radius 1 is 1.28 bits per heavy atom. The molecule has 3 N–H and O–H groups in total. The average molecular weight is 245 g/mol. The molecule has 0 aliphatic carbocycles. The van der Waals surface area contributed by atoms with E-state index in [1.54, 1.807) is 7.11 Å². The van der Waals surface area contributed by atoms with Crippen molar-refractivity contribution in [2.24, 2.45) is 5.73 Å². The molecule has 4 heteroatoms. The van der Waals surface area contributed by atoms with Crippen molar-refractivity contribution < 1.29 is 4.74 Å². The Morgan fingerprint density at radius 2 is 2.06 bits per heavy atom. The number of hydrogen-bond donors (Lipinski definition) is 2. The van der Waals surface area contributed by atoms with Crippen molar-refractivity contribution in [1.82, 2.24) is 10.2 Å². The number of nitrogens with two attached hydrogens (primary N) is 1. The zero-order valence-electron chi connectivity index (χ0n) is 11.1. The summed E-state index contributed by atoms with van der Waals surface area (Å²) in [6.07, 6.45) is 0.806. The number of hydrogen-bond acceptors (Lipinski definition) is 3. The van der Waals surface area contributed by atoms with Gasteiger partial charge in [-0.25, -0.2) is 0 Å². The third kappa shape index (κ3) is 2.38. The van der Waals surface area contributed by atoms with E-state index in [1.807, 2.05) is 12.1 Å². The topological polar surface area (TPSA) is 63.9 Å². The van der Waals surface area contributed by atoms with Crippen molar-refractivity contribution in [2.75, 3.05) is 13.7 Å². The van der Waals surface area contributed by atoms with Crippen molar-refractivity contribution >= 4 is 0 Å². The highest BCUT2D eigenvalue weighted by Gasteiger charge is 2.13. The highest BCUT2D eigenvalue weighted by atomic mass is 16.5. The van der Waals surface area contributed by atoms with Gasteiger partial charge in [-0.05, 0) is 43.7 Å². The molecule has 0 saturated carbocycles. The van der Waals surface area contributed by atoms with Gasteiger partial charge in [0.2, 0.25) is 0 Å². The summed E-state index contributed by atoms with van der Waals surface area (Å²) in [4.78, 5) is 0. The number of aryl methyl sites for hydroxylation is 2. The SMILES string of the molecule is COc1cc(C)cc(C)c1-c1cc(CCN)[nH]n1. The molecule has 0 atom stereocenters. The zero-order valence-corrected chi connectivity index (χ0v) is 11.1. The second-order valence-corrected chi connectivity index (χ2v) is 4.48. The third-order valence-corrected chi connectivity index (χ3v) is 2.96. The van der Waals surface area contributed by atoms with Crippen LogP contribution in [0.25, 0.3) is 11.3 Å². The molecule has 96 valence electrons. The molecule has 0 amide bonds. The second-order valence-electron chi connectivity index (χ2n) is 4.48. The second kappa shape index (κ2) is 5.23. The van der Waals surface area contributed by atoms with E-state index in [0.29, 0.717) is 6.54 Å². The zero-order chi connectivity index (χ0) is 13.1. The third-order valence-electron chi connectivity index (χ3n) is 2.96. The summed E-state index contributed by atoms with van der Waals surface area (Å²) in [5.74, 6) is 0.860. The maximum Gasteiger partial charge on any atom is 0.128 e. The number of methoxy groups -OCH3 is 1. The van der Waals surface area contributed by atoms with Gasteiger partial charge in [-0.1, -0.05) is 6.07 Å².